The Morgan fingerprint density at radius 2 is 1.91 bits per heavy atom. The van der Waals surface area contributed by atoms with Crippen LogP contribution in [0.4, 0.5) is 11.8 Å². The number of anilines is 2. The summed E-state index contributed by atoms with van der Waals surface area (Å²) in [4.78, 5) is 24.0. The molecule has 8 nitrogen and oxygen atoms in total. The number of nitrogens with one attached hydrogen (secondary N) is 1. The van der Waals surface area contributed by atoms with Gasteiger partial charge >= 0.3 is 0 Å². The van der Waals surface area contributed by atoms with Crippen LogP contribution in [0.25, 0.3) is 21.9 Å². The highest BCUT2D eigenvalue weighted by Gasteiger charge is 2.24. The fourth-order valence-corrected chi connectivity index (χ4v) is 5.35. The third-order valence-electron chi connectivity index (χ3n) is 7.26. The molecule has 0 aromatic carbocycles. The number of nitrogens with zero attached hydrogens (tertiary/aromatic N) is 6. The van der Waals surface area contributed by atoms with Crippen LogP contribution in [0.1, 0.15) is 49.8 Å². The first-order valence-corrected chi connectivity index (χ1v) is 11.8. The lowest BCUT2D eigenvalue weighted by Crippen LogP contribution is -2.29. The van der Waals surface area contributed by atoms with Gasteiger partial charge in [-0.2, -0.15) is 10.0 Å². The summed E-state index contributed by atoms with van der Waals surface area (Å²) in [5.74, 6) is 2.14. The smallest absolute Gasteiger partial charge is 0.230 e. The van der Waals surface area contributed by atoms with Gasteiger partial charge in [-0.05, 0) is 61.3 Å². The Kier molecular flexibility index (Phi) is 5.19. The number of hydroxylamine groups is 2. The molecule has 4 aromatic heterocycles. The normalized spacial score (nSPS) is 21.4. The maximum absolute atomic E-state index is 5.37. The standard InChI is InChI=1S/C25H29N7O/c1-16-3-5-19(6-4-16)32-22-14-26-9-7-20(22)21-13-28-25(30-24(21)32)29-23-11-17-8-10-31(33-2)15-18(17)12-27-23/h7,9,11-14,16,19H,3-6,8,10,15H2,1-2H3,(H,27,28,29,30). The first kappa shape index (κ1) is 20.5. The molecule has 4 aromatic rings. The van der Waals surface area contributed by atoms with E-state index in [0.29, 0.717) is 12.0 Å². The molecule has 0 saturated heterocycles. The monoisotopic (exact) mass is 443 g/mol. The van der Waals surface area contributed by atoms with E-state index in [4.69, 9.17) is 9.82 Å². The molecule has 0 atom stereocenters. The highest BCUT2D eigenvalue weighted by atomic mass is 16.7. The molecule has 6 rings (SSSR count). The number of aromatic nitrogens is 5. The summed E-state index contributed by atoms with van der Waals surface area (Å²) in [7, 11) is 1.71. The first-order chi connectivity index (χ1) is 16.2. The third-order valence-corrected chi connectivity index (χ3v) is 7.26. The predicted octanol–water partition coefficient (Wildman–Crippen LogP) is 4.79. The molecule has 0 bridgehead atoms. The maximum Gasteiger partial charge on any atom is 0.230 e. The Labute approximate surface area is 193 Å². The molecule has 0 radical (unpaired) electrons. The van der Waals surface area contributed by atoms with Crippen LogP contribution < -0.4 is 5.32 Å². The SMILES string of the molecule is CON1CCc2cc(Nc3ncc4c5ccncc5n(C5CCC(C)CC5)c4n3)ncc2C1. The summed E-state index contributed by atoms with van der Waals surface area (Å²) in [6.07, 6.45) is 13.5. The molecule has 1 saturated carbocycles. The molecule has 1 aliphatic heterocycles. The second-order valence-electron chi connectivity index (χ2n) is 9.37. The lowest BCUT2D eigenvalue weighted by Gasteiger charge is -2.28. The van der Waals surface area contributed by atoms with Crippen molar-refractivity contribution in [1.82, 2.24) is 29.6 Å². The van der Waals surface area contributed by atoms with Crippen LogP contribution in [0, 0.1) is 5.92 Å². The van der Waals surface area contributed by atoms with Crippen molar-refractivity contribution in [2.75, 3.05) is 19.0 Å². The summed E-state index contributed by atoms with van der Waals surface area (Å²) < 4.78 is 2.40. The summed E-state index contributed by atoms with van der Waals surface area (Å²) in [5, 5.41) is 7.54. The number of fused-ring (bicyclic) bond motifs is 4. The van der Waals surface area contributed by atoms with Gasteiger partial charge in [-0.1, -0.05) is 6.92 Å². The molecule has 170 valence electrons. The summed E-state index contributed by atoms with van der Waals surface area (Å²) >= 11 is 0. The Morgan fingerprint density at radius 3 is 2.76 bits per heavy atom. The maximum atomic E-state index is 5.37. The Balaban J connectivity index is 1.36. The van der Waals surface area contributed by atoms with E-state index < -0.39 is 0 Å². The second-order valence-corrected chi connectivity index (χ2v) is 9.37. The Bertz CT molecular complexity index is 1310. The van der Waals surface area contributed by atoms with Gasteiger partial charge in [-0.3, -0.25) is 4.98 Å². The average Bonchev–Trinajstić information content (AvgIpc) is 3.18. The minimum absolute atomic E-state index is 0.443. The molecule has 1 N–H and O–H groups in total. The van der Waals surface area contributed by atoms with Crippen LogP contribution in [-0.2, 0) is 17.8 Å². The fraction of sp³-hybridized carbons (Fsp3) is 0.440. The molecule has 0 spiro atoms. The molecule has 8 heteroatoms. The fourth-order valence-electron chi connectivity index (χ4n) is 5.35. The van der Waals surface area contributed by atoms with E-state index in [1.54, 1.807) is 7.11 Å². The summed E-state index contributed by atoms with van der Waals surface area (Å²) in [6, 6.07) is 4.63. The van der Waals surface area contributed by atoms with Gasteiger partial charge in [0.2, 0.25) is 5.95 Å². The zero-order chi connectivity index (χ0) is 22.4. The van der Waals surface area contributed by atoms with Crippen LogP contribution >= 0.6 is 0 Å². The minimum atomic E-state index is 0.443. The minimum Gasteiger partial charge on any atom is -0.321 e. The lowest BCUT2D eigenvalue weighted by atomic mass is 9.87. The van der Waals surface area contributed by atoms with Gasteiger partial charge in [0, 0.05) is 41.9 Å². The molecular weight excluding hydrogens is 414 g/mol. The quantitative estimate of drug-likeness (QED) is 0.486. The van der Waals surface area contributed by atoms with Crippen molar-refractivity contribution in [3.05, 3.63) is 48.0 Å². The Morgan fingerprint density at radius 1 is 1.03 bits per heavy atom. The first-order valence-electron chi connectivity index (χ1n) is 11.8. The molecule has 2 aliphatic rings. The van der Waals surface area contributed by atoms with Crippen LogP contribution in [-0.4, -0.2) is 43.2 Å². The zero-order valence-corrected chi connectivity index (χ0v) is 19.2. The van der Waals surface area contributed by atoms with Crippen molar-refractivity contribution in [2.24, 2.45) is 5.92 Å². The van der Waals surface area contributed by atoms with Crippen molar-refractivity contribution in [1.29, 1.82) is 0 Å². The summed E-state index contributed by atoms with van der Waals surface area (Å²) in [5.41, 5.74) is 4.61. The van der Waals surface area contributed by atoms with Crippen molar-refractivity contribution in [3.8, 4) is 0 Å². The van der Waals surface area contributed by atoms with E-state index in [-0.39, 0.29) is 0 Å². The number of hydrogen-bond acceptors (Lipinski definition) is 7. The highest BCUT2D eigenvalue weighted by molar-refractivity contribution is 6.06. The van der Waals surface area contributed by atoms with Gasteiger partial charge in [0.25, 0.3) is 0 Å². The van der Waals surface area contributed by atoms with E-state index in [2.05, 4.69) is 43.9 Å². The van der Waals surface area contributed by atoms with Gasteiger partial charge in [-0.25, -0.2) is 9.97 Å². The lowest BCUT2D eigenvalue weighted by molar-refractivity contribution is -0.142. The molecule has 0 unspecified atom stereocenters. The topological polar surface area (TPSA) is 81.0 Å². The average molecular weight is 444 g/mol. The van der Waals surface area contributed by atoms with Crippen LogP contribution in [0.15, 0.2) is 36.9 Å². The predicted molar refractivity (Wildman–Crippen MR) is 128 cm³/mol. The Hall–Kier alpha value is -3.10. The molecule has 0 amide bonds. The molecule has 1 fully saturated rings. The number of rotatable bonds is 4. The molecule has 1 aliphatic carbocycles. The van der Waals surface area contributed by atoms with Crippen LogP contribution in [0.5, 0.6) is 0 Å². The summed E-state index contributed by atoms with van der Waals surface area (Å²) in [6.45, 7) is 3.99. The van der Waals surface area contributed by atoms with Gasteiger partial charge in [0.05, 0.1) is 25.4 Å². The number of pyridine rings is 2. The van der Waals surface area contributed by atoms with Crippen LogP contribution in [0.3, 0.4) is 0 Å². The van der Waals surface area contributed by atoms with Crippen LogP contribution in [0.2, 0.25) is 0 Å². The van der Waals surface area contributed by atoms with Gasteiger partial charge in [0.15, 0.2) is 0 Å². The van der Waals surface area contributed by atoms with Crippen molar-refractivity contribution >= 4 is 33.7 Å². The molecular formula is C25H29N7O. The van der Waals surface area contributed by atoms with Gasteiger partial charge in [-0.15, -0.1) is 0 Å². The van der Waals surface area contributed by atoms with Gasteiger partial charge < -0.3 is 14.7 Å². The molecule has 5 heterocycles. The van der Waals surface area contributed by atoms with Gasteiger partial charge in [0.1, 0.15) is 11.5 Å². The second kappa shape index (κ2) is 8.35. The van der Waals surface area contributed by atoms with Crippen molar-refractivity contribution in [3.63, 3.8) is 0 Å². The van der Waals surface area contributed by atoms with E-state index in [1.807, 2.05) is 29.9 Å². The third kappa shape index (κ3) is 3.73. The van der Waals surface area contributed by atoms with E-state index in [1.165, 1.54) is 42.2 Å². The largest absolute Gasteiger partial charge is 0.321 e. The highest BCUT2D eigenvalue weighted by Crippen LogP contribution is 2.38. The van der Waals surface area contributed by atoms with E-state index in [0.717, 1.165) is 47.8 Å². The van der Waals surface area contributed by atoms with Crippen molar-refractivity contribution in [2.45, 2.75) is 51.6 Å². The van der Waals surface area contributed by atoms with E-state index >= 15 is 0 Å². The van der Waals surface area contributed by atoms with E-state index in [9.17, 15) is 0 Å². The zero-order valence-electron chi connectivity index (χ0n) is 19.2. The van der Waals surface area contributed by atoms with Crippen molar-refractivity contribution < 1.29 is 4.84 Å². The molecule has 33 heavy (non-hydrogen) atoms. The number of hydrogen-bond donors (Lipinski definition) is 1.